The Balaban J connectivity index is 2.69. The summed E-state index contributed by atoms with van der Waals surface area (Å²) in [4.78, 5) is 0. The van der Waals surface area contributed by atoms with Crippen LogP contribution in [-0.2, 0) is 6.42 Å². The Morgan fingerprint density at radius 3 is 2.42 bits per heavy atom. The van der Waals surface area contributed by atoms with Gasteiger partial charge in [-0.3, -0.25) is 5.10 Å². The maximum absolute atomic E-state index is 6.34. The Morgan fingerprint density at radius 1 is 1.26 bits per heavy atom. The number of nitrogen functional groups attached to an aromatic ring is 1. The van der Waals surface area contributed by atoms with Crippen molar-refractivity contribution in [3.63, 3.8) is 0 Å². The van der Waals surface area contributed by atoms with E-state index in [9.17, 15) is 0 Å². The number of H-pyrrole nitrogens is 1. The molecule has 0 aliphatic heterocycles. The molecule has 3 N–H and O–H groups in total. The quantitative estimate of drug-likeness (QED) is 0.904. The van der Waals surface area contributed by atoms with Gasteiger partial charge in [0.25, 0.3) is 0 Å². The molecule has 1 aromatic heterocycles. The molecule has 0 amide bonds. The zero-order valence-corrected chi connectivity index (χ0v) is 11.8. The van der Waals surface area contributed by atoms with Gasteiger partial charge in [-0.2, -0.15) is 5.10 Å². The lowest BCUT2D eigenvalue weighted by Gasteiger charge is -2.15. The summed E-state index contributed by atoms with van der Waals surface area (Å²) in [5, 5.41) is 7.23. The van der Waals surface area contributed by atoms with Crippen molar-refractivity contribution in [1.29, 1.82) is 0 Å². The summed E-state index contributed by atoms with van der Waals surface area (Å²) in [5.41, 5.74) is 8.20. The minimum atomic E-state index is 0.419. The van der Waals surface area contributed by atoms with Gasteiger partial charge in [0.15, 0.2) is 5.75 Å². The average Bonchev–Trinajstić information content (AvgIpc) is 2.84. The molecule has 2 aromatic rings. The van der Waals surface area contributed by atoms with Crippen LogP contribution in [-0.4, -0.2) is 24.4 Å². The molecule has 0 saturated carbocycles. The van der Waals surface area contributed by atoms with Crippen LogP contribution in [0.15, 0.2) is 12.1 Å². The summed E-state index contributed by atoms with van der Waals surface area (Å²) in [6.07, 6.45) is 0.795. The predicted octanol–water partition coefficient (Wildman–Crippen LogP) is 2.89. The van der Waals surface area contributed by atoms with E-state index >= 15 is 0 Å². The van der Waals surface area contributed by atoms with Gasteiger partial charge in [0.05, 0.1) is 19.9 Å². The van der Waals surface area contributed by atoms with E-state index in [1.165, 1.54) is 0 Å². The number of nitrogens with zero attached hydrogens (tertiary/aromatic N) is 1. The number of methoxy groups -OCH3 is 2. The molecule has 0 bridgehead atoms. The van der Waals surface area contributed by atoms with Crippen LogP contribution in [0.4, 0.5) is 5.82 Å². The fourth-order valence-electron chi connectivity index (χ4n) is 2.03. The lowest BCUT2D eigenvalue weighted by molar-refractivity contribution is 0.392. The van der Waals surface area contributed by atoms with E-state index in [0.717, 1.165) is 23.2 Å². The molecule has 0 aliphatic rings. The van der Waals surface area contributed by atoms with Crippen molar-refractivity contribution in [1.82, 2.24) is 10.2 Å². The molecule has 6 heteroatoms. The van der Waals surface area contributed by atoms with Crippen molar-refractivity contribution in [3.8, 4) is 22.8 Å². The first-order valence-corrected chi connectivity index (χ1v) is 6.24. The number of aromatic amines is 1. The summed E-state index contributed by atoms with van der Waals surface area (Å²) < 4.78 is 10.7. The minimum absolute atomic E-state index is 0.419. The Kier molecular flexibility index (Phi) is 3.85. The summed E-state index contributed by atoms with van der Waals surface area (Å²) in [6.45, 7) is 2.03. The number of anilines is 1. The average molecular weight is 282 g/mol. The molecule has 0 atom stereocenters. The fraction of sp³-hybridized carbons (Fsp3) is 0.308. The highest BCUT2D eigenvalue weighted by atomic mass is 35.5. The third-order valence-corrected chi connectivity index (χ3v) is 3.27. The molecule has 1 aromatic carbocycles. The van der Waals surface area contributed by atoms with Gasteiger partial charge in [0.1, 0.15) is 16.6 Å². The van der Waals surface area contributed by atoms with E-state index in [1.807, 2.05) is 13.0 Å². The topological polar surface area (TPSA) is 73.2 Å². The molecule has 19 heavy (non-hydrogen) atoms. The first-order chi connectivity index (χ1) is 9.12. The number of halogens is 1. The normalized spacial score (nSPS) is 10.5. The Morgan fingerprint density at radius 2 is 1.95 bits per heavy atom. The van der Waals surface area contributed by atoms with Gasteiger partial charge in [-0.1, -0.05) is 18.5 Å². The number of ether oxygens (including phenoxy) is 2. The number of nitrogens with two attached hydrogens (primary N) is 1. The zero-order chi connectivity index (χ0) is 14.0. The first kappa shape index (κ1) is 13.5. The first-order valence-electron chi connectivity index (χ1n) is 5.86. The summed E-state index contributed by atoms with van der Waals surface area (Å²) in [6, 6.07) is 3.70. The standard InChI is InChI=1S/C13H16ClN3O2/c1-4-7-5-8(9-6-10(15)17-16-9)13(19-3)11(14)12(7)18-2/h5-6H,4H2,1-3H3,(H3,15,16,17). The van der Waals surface area contributed by atoms with Crippen LogP contribution in [0.25, 0.3) is 11.3 Å². The lowest BCUT2D eigenvalue weighted by atomic mass is 10.0. The number of benzene rings is 1. The molecule has 102 valence electrons. The maximum atomic E-state index is 6.34. The minimum Gasteiger partial charge on any atom is -0.495 e. The lowest BCUT2D eigenvalue weighted by Crippen LogP contribution is -1.97. The predicted molar refractivity (Wildman–Crippen MR) is 75.9 cm³/mol. The van der Waals surface area contributed by atoms with Gasteiger partial charge >= 0.3 is 0 Å². The smallest absolute Gasteiger partial charge is 0.150 e. The third kappa shape index (κ3) is 2.33. The molecular weight excluding hydrogens is 266 g/mol. The van der Waals surface area contributed by atoms with E-state index in [1.54, 1.807) is 20.3 Å². The second-order valence-corrected chi connectivity index (χ2v) is 4.40. The molecule has 0 aliphatic carbocycles. The molecule has 2 rings (SSSR count). The number of aromatic nitrogens is 2. The van der Waals surface area contributed by atoms with Crippen molar-refractivity contribution in [2.75, 3.05) is 20.0 Å². The van der Waals surface area contributed by atoms with Crippen LogP contribution in [0.2, 0.25) is 5.02 Å². The second-order valence-electron chi connectivity index (χ2n) is 4.02. The van der Waals surface area contributed by atoms with E-state index < -0.39 is 0 Å². The fourth-order valence-corrected chi connectivity index (χ4v) is 2.40. The van der Waals surface area contributed by atoms with Crippen molar-refractivity contribution < 1.29 is 9.47 Å². The van der Waals surface area contributed by atoms with Crippen molar-refractivity contribution in [2.24, 2.45) is 0 Å². The third-order valence-electron chi connectivity index (χ3n) is 2.93. The Labute approximate surface area is 116 Å². The van der Waals surface area contributed by atoms with E-state index in [2.05, 4.69) is 10.2 Å². The summed E-state index contributed by atoms with van der Waals surface area (Å²) >= 11 is 6.34. The van der Waals surface area contributed by atoms with E-state index in [0.29, 0.717) is 22.3 Å². The van der Waals surface area contributed by atoms with Gasteiger partial charge in [-0.25, -0.2) is 0 Å². The van der Waals surface area contributed by atoms with Crippen LogP contribution in [0, 0.1) is 0 Å². The van der Waals surface area contributed by atoms with Gasteiger partial charge in [0.2, 0.25) is 0 Å². The number of aryl methyl sites for hydroxylation is 1. The molecule has 0 unspecified atom stereocenters. The van der Waals surface area contributed by atoms with Crippen LogP contribution in [0.3, 0.4) is 0 Å². The molecule has 0 saturated heterocycles. The van der Waals surface area contributed by atoms with Crippen LogP contribution < -0.4 is 15.2 Å². The van der Waals surface area contributed by atoms with Gasteiger partial charge in [-0.15, -0.1) is 0 Å². The van der Waals surface area contributed by atoms with Gasteiger partial charge in [-0.05, 0) is 18.1 Å². The second kappa shape index (κ2) is 5.40. The van der Waals surface area contributed by atoms with E-state index in [-0.39, 0.29) is 0 Å². The number of hydrogen-bond donors (Lipinski definition) is 2. The molecule has 0 spiro atoms. The largest absolute Gasteiger partial charge is 0.495 e. The molecule has 0 fully saturated rings. The Bertz CT molecular complexity index is 596. The van der Waals surface area contributed by atoms with Gasteiger partial charge < -0.3 is 15.2 Å². The van der Waals surface area contributed by atoms with Crippen LogP contribution in [0.5, 0.6) is 11.5 Å². The highest BCUT2D eigenvalue weighted by Crippen LogP contribution is 2.44. The molecule has 1 heterocycles. The summed E-state index contributed by atoms with van der Waals surface area (Å²) in [5.74, 6) is 1.60. The zero-order valence-electron chi connectivity index (χ0n) is 11.1. The highest BCUT2D eigenvalue weighted by Gasteiger charge is 2.19. The number of hydrogen-bond acceptors (Lipinski definition) is 4. The van der Waals surface area contributed by atoms with Crippen molar-refractivity contribution in [2.45, 2.75) is 13.3 Å². The number of rotatable bonds is 4. The number of nitrogens with one attached hydrogen (secondary N) is 1. The molecule has 5 nitrogen and oxygen atoms in total. The van der Waals surface area contributed by atoms with Crippen molar-refractivity contribution >= 4 is 17.4 Å². The SMILES string of the molecule is CCc1cc(-c2cc(N)n[nH]2)c(OC)c(Cl)c1OC. The molecule has 0 radical (unpaired) electrons. The monoisotopic (exact) mass is 281 g/mol. The van der Waals surface area contributed by atoms with Crippen LogP contribution >= 0.6 is 11.6 Å². The van der Waals surface area contributed by atoms with Gasteiger partial charge in [0, 0.05) is 11.6 Å². The molecular formula is C13H16ClN3O2. The maximum Gasteiger partial charge on any atom is 0.150 e. The highest BCUT2D eigenvalue weighted by molar-refractivity contribution is 6.34. The van der Waals surface area contributed by atoms with Crippen LogP contribution in [0.1, 0.15) is 12.5 Å². The van der Waals surface area contributed by atoms with E-state index in [4.69, 9.17) is 26.8 Å². The van der Waals surface area contributed by atoms with Crippen molar-refractivity contribution in [3.05, 3.63) is 22.7 Å². The summed E-state index contributed by atoms with van der Waals surface area (Å²) in [7, 11) is 3.16. The Hall–Kier alpha value is -1.88.